The normalized spacial score (nSPS) is 16.1. The van der Waals surface area contributed by atoms with E-state index in [0.29, 0.717) is 0 Å². The maximum atomic E-state index is 9.50. The summed E-state index contributed by atoms with van der Waals surface area (Å²) in [5, 5.41) is 9.50. The monoisotopic (exact) mass is 219 g/mol. The first kappa shape index (κ1) is 11.5. The Morgan fingerprint density at radius 3 is 2.81 bits per heavy atom. The van der Waals surface area contributed by atoms with Gasteiger partial charge in [0, 0.05) is 24.7 Å². The highest BCUT2D eigenvalue weighted by Gasteiger charge is 2.26. The van der Waals surface area contributed by atoms with E-state index in [0.717, 1.165) is 13.0 Å². The van der Waals surface area contributed by atoms with Crippen LogP contribution in [0, 0.1) is 0 Å². The molecule has 16 heavy (non-hydrogen) atoms. The van der Waals surface area contributed by atoms with Gasteiger partial charge in [-0.2, -0.15) is 0 Å². The van der Waals surface area contributed by atoms with E-state index in [1.165, 1.54) is 23.2 Å². The molecule has 0 unspecified atom stereocenters. The minimum atomic E-state index is -0.135. The number of hydrogen-bond acceptors (Lipinski definition) is 2. The lowest BCUT2D eigenvalue weighted by atomic mass is 9.80. The largest absolute Gasteiger partial charge is 0.395 e. The fourth-order valence-electron chi connectivity index (χ4n) is 2.53. The zero-order chi connectivity index (χ0) is 11.8. The minimum Gasteiger partial charge on any atom is -0.395 e. The fraction of sp³-hybridized carbons (Fsp3) is 0.571. The van der Waals surface area contributed by atoms with Gasteiger partial charge in [-0.25, -0.2) is 0 Å². The average Bonchev–Trinajstić information content (AvgIpc) is 2.29. The molecule has 88 valence electrons. The van der Waals surface area contributed by atoms with Gasteiger partial charge in [0.1, 0.15) is 0 Å². The Balaban J connectivity index is 2.52. The van der Waals surface area contributed by atoms with E-state index in [1.54, 1.807) is 0 Å². The van der Waals surface area contributed by atoms with Crippen molar-refractivity contribution in [1.82, 2.24) is 0 Å². The molecule has 1 aliphatic heterocycles. The molecule has 0 amide bonds. The van der Waals surface area contributed by atoms with E-state index in [9.17, 15) is 5.11 Å². The standard InChI is InChI=1S/C14H21NO/c1-14(2,10-16)12-7-4-8-13-11(12)6-5-9-15(13)3/h4,7-8,16H,5-6,9-10H2,1-3H3. The van der Waals surface area contributed by atoms with E-state index in [1.807, 2.05) is 0 Å². The molecule has 1 aromatic carbocycles. The van der Waals surface area contributed by atoms with Gasteiger partial charge in [0.2, 0.25) is 0 Å². The molecule has 0 radical (unpaired) electrons. The van der Waals surface area contributed by atoms with Crippen LogP contribution in [-0.2, 0) is 11.8 Å². The van der Waals surface area contributed by atoms with E-state index in [4.69, 9.17) is 0 Å². The summed E-state index contributed by atoms with van der Waals surface area (Å²) in [6.07, 6.45) is 2.35. The van der Waals surface area contributed by atoms with Gasteiger partial charge in [0.15, 0.2) is 0 Å². The Bertz CT molecular complexity index is 384. The quantitative estimate of drug-likeness (QED) is 0.825. The second-order valence-corrected chi connectivity index (χ2v) is 5.37. The van der Waals surface area contributed by atoms with Gasteiger partial charge in [-0.3, -0.25) is 0 Å². The van der Waals surface area contributed by atoms with Crippen LogP contribution in [0.15, 0.2) is 18.2 Å². The highest BCUT2D eigenvalue weighted by Crippen LogP contribution is 2.35. The molecule has 0 bridgehead atoms. The Labute approximate surface area is 97.9 Å². The number of hydrogen-bond donors (Lipinski definition) is 1. The highest BCUT2D eigenvalue weighted by molar-refractivity contribution is 5.59. The molecule has 2 nitrogen and oxygen atoms in total. The summed E-state index contributed by atoms with van der Waals surface area (Å²) < 4.78 is 0. The topological polar surface area (TPSA) is 23.5 Å². The summed E-state index contributed by atoms with van der Waals surface area (Å²) in [5.41, 5.74) is 3.93. The lowest BCUT2D eigenvalue weighted by Crippen LogP contribution is -2.29. The lowest BCUT2D eigenvalue weighted by Gasteiger charge is -2.33. The van der Waals surface area contributed by atoms with Gasteiger partial charge in [0.25, 0.3) is 0 Å². The van der Waals surface area contributed by atoms with Crippen LogP contribution < -0.4 is 4.90 Å². The molecule has 0 aromatic heterocycles. The van der Waals surface area contributed by atoms with Gasteiger partial charge in [-0.15, -0.1) is 0 Å². The molecule has 1 aromatic rings. The van der Waals surface area contributed by atoms with Crippen molar-refractivity contribution in [3.8, 4) is 0 Å². The van der Waals surface area contributed by atoms with Crippen molar-refractivity contribution in [3.05, 3.63) is 29.3 Å². The van der Waals surface area contributed by atoms with E-state index >= 15 is 0 Å². The van der Waals surface area contributed by atoms with Crippen molar-refractivity contribution >= 4 is 5.69 Å². The zero-order valence-electron chi connectivity index (χ0n) is 10.5. The van der Waals surface area contributed by atoms with Crippen LogP contribution in [0.4, 0.5) is 5.69 Å². The number of anilines is 1. The third kappa shape index (κ3) is 1.82. The van der Waals surface area contributed by atoms with Gasteiger partial charge in [-0.1, -0.05) is 26.0 Å². The van der Waals surface area contributed by atoms with Crippen LogP contribution in [0.2, 0.25) is 0 Å². The summed E-state index contributed by atoms with van der Waals surface area (Å²) in [4.78, 5) is 2.32. The summed E-state index contributed by atoms with van der Waals surface area (Å²) in [5.74, 6) is 0. The van der Waals surface area contributed by atoms with Crippen molar-refractivity contribution in [2.75, 3.05) is 25.1 Å². The maximum absolute atomic E-state index is 9.50. The molecule has 1 N–H and O–H groups in total. The van der Waals surface area contributed by atoms with Crippen molar-refractivity contribution in [2.45, 2.75) is 32.1 Å². The van der Waals surface area contributed by atoms with Gasteiger partial charge in [-0.05, 0) is 30.0 Å². The number of benzene rings is 1. The Morgan fingerprint density at radius 1 is 1.38 bits per heavy atom. The smallest absolute Gasteiger partial charge is 0.0522 e. The Morgan fingerprint density at radius 2 is 2.12 bits per heavy atom. The molecule has 2 rings (SSSR count). The van der Waals surface area contributed by atoms with Gasteiger partial charge >= 0.3 is 0 Å². The molecule has 2 heteroatoms. The second-order valence-electron chi connectivity index (χ2n) is 5.37. The van der Waals surface area contributed by atoms with Crippen LogP contribution in [0.25, 0.3) is 0 Å². The zero-order valence-corrected chi connectivity index (χ0v) is 10.5. The lowest BCUT2D eigenvalue weighted by molar-refractivity contribution is 0.217. The molecule has 0 atom stereocenters. The van der Waals surface area contributed by atoms with Crippen LogP contribution in [0.3, 0.4) is 0 Å². The SMILES string of the molecule is CN1CCCc2c1cccc2C(C)(C)CO. The van der Waals surface area contributed by atoms with Crippen LogP contribution >= 0.6 is 0 Å². The molecule has 0 saturated heterocycles. The van der Waals surface area contributed by atoms with Crippen LogP contribution in [0.5, 0.6) is 0 Å². The molecule has 0 spiro atoms. The summed E-state index contributed by atoms with van der Waals surface area (Å²) >= 11 is 0. The van der Waals surface area contributed by atoms with Gasteiger partial charge < -0.3 is 10.0 Å². The average molecular weight is 219 g/mol. The summed E-state index contributed by atoms with van der Waals surface area (Å²) in [6.45, 7) is 5.55. The minimum absolute atomic E-state index is 0.135. The molecular weight excluding hydrogens is 198 g/mol. The fourth-order valence-corrected chi connectivity index (χ4v) is 2.53. The predicted octanol–water partition coefficient (Wildman–Crippen LogP) is 2.34. The van der Waals surface area contributed by atoms with Crippen LogP contribution in [0.1, 0.15) is 31.4 Å². The Kier molecular flexibility index (Phi) is 2.94. The third-order valence-corrected chi connectivity index (χ3v) is 3.61. The molecule has 1 heterocycles. The molecule has 0 saturated carbocycles. The number of aliphatic hydroxyl groups excluding tert-OH is 1. The number of nitrogens with zero attached hydrogens (tertiary/aromatic N) is 1. The maximum Gasteiger partial charge on any atom is 0.0522 e. The van der Waals surface area contributed by atoms with E-state index < -0.39 is 0 Å². The van der Waals surface area contributed by atoms with Crippen molar-refractivity contribution in [3.63, 3.8) is 0 Å². The summed E-state index contributed by atoms with van der Waals surface area (Å²) in [6, 6.07) is 6.45. The third-order valence-electron chi connectivity index (χ3n) is 3.61. The molecule has 0 fully saturated rings. The highest BCUT2D eigenvalue weighted by atomic mass is 16.3. The van der Waals surface area contributed by atoms with Crippen molar-refractivity contribution in [1.29, 1.82) is 0 Å². The number of fused-ring (bicyclic) bond motifs is 1. The second kappa shape index (κ2) is 4.10. The van der Waals surface area contributed by atoms with Crippen molar-refractivity contribution < 1.29 is 5.11 Å². The van der Waals surface area contributed by atoms with E-state index in [2.05, 4.69) is 44.0 Å². The van der Waals surface area contributed by atoms with E-state index in [-0.39, 0.29) is 12.0 Å². The first-order valence-electron chi connectivity index (χ1n) is 6.00. The Hall–Kier alpha value is -1.02. The van der Waals surface area contributed by atoms with Crippen LogP contribution in [-0.4, -0.2) is 25.3 Å². The van der Waals surface area contributed by atoms with Gasteiger partial charge in [0.05, 0.1) is 6.61 Å². The van der Waals surface area contributed by atoms with Crippen molar-refractivity contribution in [2.24, 2.45) is 0 Å². The summed E-state index contributed by atoms with van der Waals surface area (Å²) in [7, 11) is 2.15. The first-order valence-corrected chi connectivity index (χ1v) is 6.00. The molecular formula is C14H21NO. The number of rotatable bonds is 2. The molecule has 1 aliphatic rings. The number of aliphatic hydroxyl groups is 1. The first-order chi connectivity index (χ1) is 7.56. The molecule has 0 aliphatic carbocycles. The predicted molar refractivity (Wildman–Crippen MR) is 68.1 cm³/mol.